The van der Waals surface area contributed by atoms with Crippen LogP contribution >= 0.6 is 0 Å². The van der Waals surface area contributed by atoms with Crippen molar-refractivity contribution in [2.45, 2.75) is 47.1 Å². The van der Waals surface area contributed by atoms with E-state index in [1.54, 1.807) is 23.1 Å². The topological polar surface area (TPSA) is 102 Å². The van der Waals surface area contributed by atoms with Crippen molar-refractivity contribution < 1.29 is 19.8 Å². The van der Waals surface area contributed by atoms with Crippen molar-refractivity contribution in [2.75, 3.05) is 25.5 Å². The van der Waals surface area contributed by atoms with E-state index in [4.69, 9.17) is 5.11 Å². The molecule has 0 aromatic heterocycles. The average molecular weight is 456 g/mol. The maximum Gasteiger partial charge on any atom is 0.257 e. The molecular formula is C26H37N3O4. The first kappa shape index (κ1) is 27.7. The van der Waals surface area contributed by atoms with Crippen LogP contribution in [0, 0.1) is 0 Å². The van der Waals surface area contributed by atoms with Gasteiger partial charge in [0.25, 0.3) is 5.91 Å². The van der Waals surface area contributed by atoms with Gasteiger partial charge in [0.05, 0.1) is 17.7 Å². The number of aliphatic hydroxyl groups is 1. The molecule has 1 amide bonds. The maximum absolute atomic E-state index is 12.7. The number of anilines is 1. The molecule has 4 N–H and O–H groups in total. The van der Waals surface area contributed by atoms with Gasteiger partial charge < -0.3 is 25.7 Å². The standard InChI is InChI=1S/C23H27N3O3.C2H6.CH4O/c1-3-13-26(4-2)23(29)17-11-8-12-18(22(17)28)25-21-19(14-20(21)27)24-15-16-9-6-5-7-10-16;2*1-2/h5-12,24-25,28H,3-4,13-15H2,1-2H3;1-2H3;2H,1H3. The fourth-order valence-corrected chi connectivity index (χ4v) is 3.29. The molecule has 0 aliphatic heterocycles. The molecule has 0 spiro atoms. The highest BCUT2D eigenvalue weighted by Crippen LogP contribution is 2.32. The van der Waals surface area contributed by atoms with Gasteiger partial charge in [-0.2, -0.15) is 0 Å². The van der Waals surface area contributed by atoms with Gasteiger partial charge in [-0.05, 0) is 31.0 Å². The van der Waals surface area contributed by atoms with Crippen LogP contribution in [0.2, 0.25) is 0 Å². The van der Waals surface area contributed by atoms with Gasteiger partial charge in [-0.15, -0.1) is 0 Å². The summed E-state index contributed by atoms with van der Waals surface area (Å²) >= 11 is 0. The lowest BCUT2D eigenvalue weighted by atomic mass is 9.98. The van der Waals surface area contributed by atoms with E-state index in [0.717, 1.165) is 24.8 Å². The van der Waals surface area contributed by atoms with Gasteiger partial charge in [-0.1, -0.05) is 57.2 Å². The second-order valence-corrected chi connectivity index (χ2v) is 7.00. The number of rotatable bonds is 9. The largest absolute Gasteiger partial charge is 0.505 e. The Morgan fingerprint density at radius 1 is 1.03 bits per heavy atom. The quantitative estimate of drug-likeness (QED) is 0.421. The number of hydrogen-bond donors (Lipinski definition) is 4. The zero-order valence-electron chi connectivity index (χ0n) is 20.3. The molecule has 1 aliphatic carbocycles. The van der Waals surface area contributed by atoms with Crippen LogP contribution in [0.1, 0.15) is 56.5 Å². The molecule has 33 heavy (non-hydrogen) atoms. The lowest BCUT2D eigenvalue weighted by molar-refractivity contribution is -0.116. The third-order valence-corrected chi connectivity index (χ3v) is 4.96. The molecular weight excluding hydrogens is 418 g/mol. The van der Waals surface area contributed by atoms with Crippen molar-refractivity contribution >= 4 is 17.4 Å². The monoisotopic (exact) mass is 455 g/mol. The van der Waals surface area contributed by atoms with Crippen LogP contribution < -0.4 is 10.6 Å². The molecule has 0 saturated heterocycles. The molecule has 0 fully saturated rings. The Morgan fingerprint density at radius 2 is 1.70 bits per heavy atom. The number of allylic oxidation sites excluding steroid dienone is 2. The molecule has 0 bridgehead atoms. The van der Waals surface area contributed by atoms with E-state index < -0.39 is 0 Å². The third-order valence-electron chi connectivity index (χ3n) is 4.96. The van der Waals surface area contributed by atoms with Gasteiger partial charge in [0.15, 0.2) is 11.5 Å². The smallest absolute Gasteiger partial charge is 0.257 e. The number of phenolic OH excluding ortho intramolecular Hbond substituents is 1. The second-order valence-electron chi connectivity index (χ2n) is 7.00. The van der Waals surface area contributed by atoms with Crippen molar-refractivity contribution in [3.63, 3.8) is 0 Å². The number of phenols is 1. The zero-order valence-corrected chi connectivity index (χ0v) is 20.3. The summed E-state index contributed by atoms with van der Waals surface area (Å²) < 4.78 is 0. The normalized spacial score (nSPS) is 11.9. The Morgan fingerprint density at radius 3 is 2.27 bits per heavy atom. The molecule has 0 unspecified atom stereocenters. The van der Waals surface area contributed by atoms with Crippen molar-refractivity contribution in [3.8, 4) is 5.75 Å². The fourth-order valence-electron chi connectivity index (χ4n) is 3.29. The SMILES string of the molecule is CC.CCCN(CC)C(=O)c1cccc(NC2=C(NCc3ccccc3)CC2=O)c1O.CO. The van der Waals surface area contributed by atoms with E-state index in [2.05, 4.69) is 10.6 Å². The molecule has 2 aromatic carbocycles. The summed E-state index contributed by atoms with van der Waals surface area (Å²) in [6.45, 7) is 9.73. The second kappa shape index (κ2) is 14.7. The first-order valence-corrected chi connectivity index (χ1v) is 11.4. The highest BCUT2D eigenvalue weighted by molar-refractivity contribution is 6.07. The lowest BCUT2D eigenvalue weighted by Crippen LogP contribution is -2.33. The summed E-state index contributed by atoms with van der Waals surface area (Å²) in [7, 11) is 1.00. The minimum Gasteiger partial charge on any atom is -0.505 e. The Labute approximate surface area is 197 Å². The summed E-state index contributed by atoms with van der Waals surface area (Å²) in [6.07, 6.45) is 1.17. The van der Waals surface area contributed by atoms with Crippen LogP contribution in [0.5, 0.6) is 5.75 Å². The summed E-state index contributed by atoms with van der Waals surface area (Å²) in [5.74, 6) is -0.383. The van der Waals surface area contributed by atoms with Gasteiger partial charge >= 0.3 is 0 Å². The predicted octanol–water partition coefficient (Wildman–Crippen LogP) is 4.29. The van der Waals surface area contributed by atoms with Gasteiger partial charge in [-0.25, -0.2) is 0 Å². The van der Waals surface area contributed by atoms with Crippen molar-refractivity contribution in [2.24, 2.45) is 0 Å². The molecule has 0 heterocycles. The molecule has 1 aliphatic rings. The van der Waals surface area contributed by atoms with Crippen molar-refractivity contribution in [1.82, 2.24) is 10.2 Å². The Kier molecular flexibility index (Phi) is 12.3. The Balaban J connectivity index is 0.00000129. The maximum atomic E-state index is 12.7. The first-order chi connectivity index (χ1) is 16.0. The van der Waals surface area contributed by atoms with E-state index in [1.165, 1.54) is 0 Å². The number of amides is 1. The van der Waals surface area contributed by atoms with Crippen molar-refractivity contribution in [3.05, 3.63) is 71.1 Å². The fraction of sp³-hybridized carbons (Fsp3) is 0.385. The highest BCUT2D eigenvalue weighted by atomic mass is 16.3. The average Bonchev–Trinajstić information content (AvgIpc) is 2.87. The van der Waals surface area contributed by atoms with Crippen LogP contribution in [0.3, 0.4) is 0 Å². The van der Waals surface area contributed by atoms with E-state index >= 15 is 0 Å². The van der Waals surface area contributed by atoms with Crippen LogP contribution in [-0.2, 0) is 11.3 Å². The number of nitrogens with zero attached hydrogens (tertiary/aromatic N) is 1. The number of aliphatic hydroxyl groups excluding tert-OH is 1. The van der Waals surface area contributed by atoms with Crippen LogP contribution in [-0.4, -0.2) is 47.0 Å². The molecule has 2 aromatic rings. The molecule has 0 saturated carbocycles. The number of nitrogens with one attached hydrogen (secondary N) is 2. The lowest BCUT2D eigenvalue weighted by Gasteiger charge is -2.26. The number of Topliss-reactive ketones (excluding diaryl/α,β-unsaturated/α-hetero) is 1. The molecule has 0 atom stereocenters. The van der Waals surface area contributed by atoms with Crippen LogP contribution in [0.15, 0.2) is 59.9 Å². The van der Waals surface area contributed by atoms with E-state index in [-0.39, 0.29) is 23.0 Å². The van der Waals surface area contributed by atoms with E-state index in [0.29, 0.717) is 37.4 Å². The molecule has 7 nitrogen and oxygen atoms in total. The van der Waals surface area contributed by atoms with E-state index in [9.17, 15) is 14.7 Å². The molecule has 3 rings (SSSR count). The Hall–Kier alpha value is -3.32. The molecule has 7 heteroatoms. The van der Waals surface area contributed by atoms with Crippen molar-refractivity contribution in [1.29, 1.82) is 0 Å². The summed E-state index contributed by atoms with van der Waals surface area (Å²) in [4.78, 5) is 26.5. The van der Waals surface area contributed by atoms with Gasteiger partial charge in [0, 0.05) is 32.4 Å². The number of para-hydroxylation sites is 1. The van der Waals surface area contributed by atoms with Gasteiger partial charge in [0.1, 0.15) is 5.70 Å². The van der Waals surface area contributed by atoms with Crippen LogP contribution in [0.25, 0.3) is 0 Å². The number of benzene rings is 2. The first-order valence-electron chi connectivity index (χ1n) is 11.4. The van der Waals surface area contributed by atoms with Crippen LogP contribution in [0.4, 0.5) is 5.69 Å². The summed E-state index contributed by atoms with van der Waals surface area (Å²) in [5.41, 5.74) is 2.93. The number of carbonyl (C=O) groups excluding carboxylic acids is 2. The molecule has 0 radical (unpaired) electrons. The third kappa shape index (κ3) is 7.36. The minimum atomic E-state index is -0.216. The predicted molar refractivity (Wildman–Crippen MR) is 133 cm³/mol. The minimum absolute atomic E-state index is 0.0298. The molecule has 180 valence electrons. The highest BCUT2D eigenvalue weighted by Gasteiger charge is 2.28. The number of carbonyl (C=O) groups is 2. The van der Waals surface area contributed by atoms with E-state index in [1.807, 2.05) is 58.0 Å². The number of hydrogen-bond acceptors (Lipinski definition) is 6. The number of aromatic hydroxyl groups is 1. The zero-order chi connectivity index (χ0) is 24.8. The Bertz CT molecular complexity index is 926. The van der Waals surface area contributed by atoms with Gasteiger partial charge in [0.2, 0.25) is 0 Å². The number of ketones is 1. The summed E-state index contributed by atoms with van der Waals surface area (Å²) in [6, 6.07) is 14.9. The summed E-state index contributed by atoms with van der Waals surface area (Å²) in [5, 5.41) is 23.9. The van der Waals surface area contributed by atoms with Gasteiger partial charge in [-0.3, -0.25) is 9.59 Å².